The van der Waals surface area contributed by atoms with E-state index in [4.69, 9.17) is 5.73 Å². The van der Waals surface area contributed by atoms with E-state index in [0.29, 0.717) is 12.1 Å². The topological polar surface area (TPSA) is 101 Å². The van der Waals surface area contributed by atoms with Crippen LogP contribution in [-0.2, 0) is 6.42 Å². The third kappa shape index (κ3) is 4.16. The van der Waals surface area contributed by atoms with Crippen molar-refractivity contribution in [1.29, 1.82) is 0 Å². The van der Waals surface area contributed by atoms with Gasteiger partial charge in [0.05, 0.1) is 12.0 Å². The summed E-state index contributed by atoms with van der Waals surface area (Å²) in [6.07, 6.45) is 7.47. The highest BCUT2D eigenvalue weighted by atomic mass is 16.1. The van der Waals surface area contributed by atoms with Gasteiger partial charge in [0.1, 0.15) is 11.6 Å². The molecule has 3 N–H and O–H groups in total. The molecule has 0 spiro atoms. The lowest BCUT2D eigenvalue weighted by Crippen LogP contribution is -2.41. The van der Waals surface area contributed by atoms with Crippen molar-refractivity contribution in [2.75, 3.05) is 5.73 Å². The van der Waals surface area contributed by atoms with Crippen LogP contribution in [-0.4, -0.2) is 37.2 Å². The molecule has 1 aliphatic rings. The molecule has 2 aromatic carbocycles. The summed E-state index contributed by atoms with van der Waals surface area (Å²) in [6, 6.07) is 21.5. The van der Waals surface area contributed by atoms with Gasteiger partial charge in [-0.1, -0.05) is 42.2 Å². The smallest absolute Gasteiger partial charge is 0.259 e. The molecule has 4 heterocycles. The maximum atomic E-state index is 13.4. The first-order valence-corrected chi connectivity index (χ1v) is 12.2. The van der Waals surface area contributed by atoms with Gasteiger partial charge in [-0.25, -0.2) is 9.50 Å². The van der Waals surface area contributed by atoms with Crippen LogP contribution in [0.25, 0.3) is 5.65 Å². The van der Waals surface area contributed by atoms with Gasteiger partial charge in [0.15, 0.2) is 17.2 Å². The highest BCUT2D eigenvalue weighted by Crippen LogP contribution is 2.34. The van der Waals surface area contributed by atoms with E-state index in [9.17, 15) is 4.79 Å². The van der Waals surface area contributed by atoms with Crippen molar-refractivity contribution >= 4 is 34.5 Å². The van der Waals surface area contributed by atoms with Gasteiger partial charge in [0, 0.05) is 48.0 Å². The molecule has 1 aliphatic heterocycles. The first-order chi connectivity index (χ1) is 18.6. The van der Waals surface area contributed by atoms with Crippen molar-refractivity contribution < 1.29 is 4.79 Å². The van der Waals surface area contributed by atoms with Crippen molar-refractivity contribution in [3.05, 3.63) is 114 Å². The van der Waals surface area contributed by atoms with E-state index in [1.54, 1.807) is 30.9 Å². The lowest BCUT2D eigenvalue weighted by molar-refractivity contribution is 0.0951. The molecule has 5 aromatic rings. The van der Waals surface area contributed by atoms with E-state index in [1.165, 1.54) is 4.52 Å². The first kappa shape index (κ1) is 23.1. The number of pyridine rings is 1. The van der Waals surface area contributed by atoms with Gasteiger partial charge >= 0.3 is 0 Å². The number of aromatic nitrogens is 4. The zero-order valence-corrected chi connectivity index (χ0v) is 20.7. The minimum Gasteiger partial charge on any atom is -0.381 e. The van der Waals surface area contributed by atoms with Crippen molar-refractivity contribution in [3.63, 3.8) is 0 Å². The number of rotatable bonds is 4. The van der Waals surface area contributed by atoms with Crippen LogP contribution >= 0.6 is 0 Å². The molecule has 0 radical (unpaired) electrons. The standard InChI is InChI=1S/C30H23N7O/c1-20(34-30(38)26-28(31)35-36-18-6-15-33-29(26)36)25-19-23-8-5-7-22(12-11-21-13-16-32-17-14-21)27(23)37(25)24-9-3-2-4-10-24/h2-10,13-18,20H,19H2,1H3,(H2-,31,34,35,38)/p+1/t20-/m1/s1. The van der Waals surface area contributed by atoms with Crippen LogP contribution in [0.1, 0.15) is 34.0 Å². The summed E-state index contributed by atoms with van der Waals surface area (Å²) in [4.78, 5) is 21.8. The van der Waals surface area contributed by atoms with E-state index in [1.807, 2.05) is 49.4 Å². The average Bonchev–Trinajstić information content (AvgIpc) is 3.50. The molecule has 184 valence electrons. The number of carbonyl (C=O) groups is 1. The van der Waals surface area contributed by atoms with Crippen LogP contribution in [0.15, 0.2) is 91.5 Å². The monoisotopic (exact) mass is 498 g/mol. The summed E-state index contributed by atoms with van der Waals surface area (Å²) in [6.45, 7) is 1.98. The van der Waals surface area contributed by atoms with Crippen LogP contribution in [0, 0.1) is 11.8 Å². The number of benzene rings is 2. The summed E-state index contributed by atoms with van der Waals surface area (Å²) in [5, 5.41) is 7.36. The molecule has 0 saturated carbocycles. The fourth-order valence-corrected chi connectivity index (χ4v) is 4.78. The Morgan fingerprint density at radius 2 is 1.84 bits per heavy atom. The molecule has 1 atom stereocenters. The number of para-hydroxylation sites is 2. The van der Waals surface area contributed by atoms with E-state index in [0.717, 1.165) is 33.8 Å². The summed E-state index contributed by atoms with van der Waals surface area (Å²) in [5.41, 5.74) is 12.8. The number of nitrogen functional groups attached to an aromatic ring is 1. The fraction of sp³-hybridized carbons (Fsp3) is 0.100. The fourth-order valence-electron chi connectivity index (χ4n) is 4.78. The maximum absolute atomic E-state index is 13.4. The van der Waals surface area contributed by atoms with Gasteiger partial charge in [0.25, 0.3) is 5.91 Å². The van der Waals surface area contributed by atoms with Gasteiger partial charge < -0.3 is 11.1 Å². The van der Waals surface area contributed by atoms with E-state index < -0.39 is 0 Å². The molecule has 3 aromatic heterocycles. The van der Waals surface area contributed by atoms with Gasteiger partial charge in [-0.2, -0.15) is 4.58 Å². The molecule has 6 rings (SSSR count). The average molecular weight is 499 g/mol. The third-order valence-corrected chi connectivity index (χ3v) is 6.54. The molecule has 0 fully saturated rings. The Kier molecular flexibility index (Phi) is 5.86. The van der Waals surface area contributed by atoms with Crippen molar-refractivity contribution in [3.8, 4) is 11.8 Å². The number of carbonyl (C=O) groups excluding carboxylic acids is 1. The van der Waals surface area contributed by atoms with E-state index in [2.05, 4.69) is 55.0 Å². The number of anilines is 1. The number of hydrogen-bond donors (Lipinski definition) is 2. The third-order valence-electron chi connectivity index (χ3n) is 6.54. The predicted molar refractivity (Wildman–Crippen MR) is 148 cm³/mol. The molecule has 0 saturated heterocycles. The van der Waals surface area contributed by atoms with Crippen LogP contribution in [0.3, 0.4) is 0 Å². The van der Waals surface area contributed by atoms with E-state index in [-0.39, 0.29) is 23.3 Å². The van der Waals surface area contributed by atoms with Crippen LogP contribution in [0.4, 0.5) is 17.2 Å². The van der Waals surface area contributed by atoms with E-state index >= 15 is 0 Å². The quantitative estimate of drug-likeness (QED) is 0.290. The Labute approximate surface area is 219 Å². The highest BCUT2D eigenvalue weighted by molar-refractivity contribution is 6.08. The van der Waals surface area contributed by atoms with Gasteiger partial charge in [-0.15, -0.1) is 5.10 Å². The summed E-state index contributed by atoms with van der Waals surface area (Å²) in [7, 11) is 0. The Morgan fingerprint density at radius 3 is 2.66 bits per heavy atom. The van der Waals surface area contributed by atoms with Crippen LogP contribution < -0.4 is 15.6 Å². The molecule has 1 amide bonds. The molecule has 0 unspecified atom stereocenters. The van der Waals surface area contributed by atoms with Gasteiger partial charge in [0.2, 0.25) is 11.4 Å². The van der Waals surface area contributed by atoms with Crippen molar-refractivity contribution in [2.24, 2.45) is 0 Å². The zero-order chi connectivity index (χ0) is 26.1. The zero-order valence-electron chi connectivity index (χ0n) is 20.7. The summed E-state index contributed by atoms with van der Waals surface area (Å²) < 4.78 is 3.71. The predicted octanol–water partition coefficient (Wildman–Crippen LogP) is 3.76. The minimum atomic E-state index is -0.321. The lowest BCUT2D eigenvalue weighted by Gasteiger charge is -2.13. The molecule has 8 heteroatoms. The highest BCUT2D eigenvalue weighted by Gasteiger charge is 2.37. The maximum Gasteiger partial charge on any atom is 0.259 e. The molecular formula is C30H24N7O+. The number of nitrogens with one attached hydrogen (secondary N) is 1. The lowest BCUT2D eigenvalue weighted by atomic mass is 10.0. The normalized spacial score (nSPS) is 13.1. The number of nitrogens with two attached hydrogens (primary N) is 1. The Balaban J connectivity index is 1.42. The first-order valence-electron chi connectivity index (χ1n) is 12.2. The second-order valence-corrected chi connectivity index (χ2v) is 8.98. The molecule has 0 bridgehead atoms. The van der Waals surface area contributed by atoms with Crippen LogP contribution in [0.5, 0.6) is 0 Å². The SMILES string of the molecule is C[C@@H](NC(=O)c1c(N)nn2cccnc12)C1=[N+](c2ccccc2)c2c(C#Cc3ccncc3)cccc2C1. The molecule has 0 aliphatic carbocycles. The molecule has 38 heavy (non-hydrogen) atoms. The number of amides is 1. The van der Waals surface area contributed by atoms with Gasteiger partial charge in [-0.05, 0) is 31.2 Å². The second kappa shape index (κ2) is 9.64. The Hall–Kier alpha value is -5.29. The summed E-state index contributed by atoms with van der Waals surface area (Å²) >= 11 is 0. The summed E-state index contributed by atoms with van der Waals surface area (Å²) in [5.74, 6) is 6.43. The van der Waals surface area contributed by atoms with Crippen LogP contribution in [0.2, 0.25) is 0 Å². The molecular weight excluding hydrogens is 474 g/mol. The Morgan fingerprint density at radius 1 is 1.03 bits per heavy atom. The number of hydrogen-bond acceptors (Lipinski definition) is 5. The second-order valence-electron chi connectivity index (χ2n) is 8.98. The van der Waals surface area contributed by atoms with Crippen molar-refractivity contribution in [1.82, 2.24) is 29.5 Å². The largest absolute Gasteiger partial charge is 0.381 e. The number of fused-ring (bicyclic) bond motifs is 2. The van der Waals surface area contributed by atoms with Gasteiger partial charge in [-0.3, -0.25) is 9.78 Å². The molecule has 8 nitrogen and oxygen atoms in total. The minimum absolute atomic E-state index is 0.140. The van der Waals surface area contributed by atoms with Crippen molar-refractivity contribution in [2.45, 2.75) is 19.4 Å². The number of nitrogens with zero attached hydrogens (tertiary/aromatic N) is 5. The Bertz CT molecular complexity index is 1760.